The van der Waals surface area contributed by atoms with E-state index in [1.165, 1.54) is 52.8 Å². The molecule has 0 fully saturated rings. The van der Waals surface area contributed by atoms with Crippen LogP contribution in [-0.2, 0) is 0 Å². The van der Waals surface area contributed by atoms with Gasteiger partial charge in [-0.2, -0.15) is 0 Å². The van der Waals surface area contributed by atoms with Gasteiger partial charge in [-0.25, -0.2) is 9.97 Å². The van der Waals surface area contributed by atoms with Gasteiger partial charge in [-0.15, -0.1) is 11.3 Å². The molecule has 0 bridgehead atoms. The molecule has 8 aromatic carbocycles. The molecule has 2 aromatic heterocycles. The van der Waals surface area contributed by atoms with Gasteiger partial charge in [0.25, 0.3) is 0 Å². The van der Waals surface area contributed by atoms with Crippen molar-refractivity contribution in [1.82, 2.24) is 9.97 Å². The molecule has 0 saturated carbocycles. The van der Waals surface area contributed by atoms with Gasteiger partial charge < -0.3 is 0 Å². The molecule has 0 spiro atoms. The Kier molecular flexibility index (Phi) is 6.39. The molecule has 10 aromatic rings. The molecule has 0 radical (unpaired) electrons. The monoisotopic (exact) mass is 640 g/mol. The minimum atomic E-state index is 0.729. The summed E-state index contributed by atoms with van der Waals surface area (Å²) >= 11 is 1.86. The van der Waals surface area contributed by atoms with Gasteiger partial charge in [0.2, 0.25) is 0 Å². The van der Waals surface area contributed by atoms with E-state index in [1.54, 1.807) is 0 Å². The minimum absolute atomic E-state index is 0.729. The summed E-state index contributed by atoms with van der Waals surface area (Å²) in [6.45, 7) is 0. The van der Waals surface area contributed by atoms with Crippen molar-refractivity contribution in [2.24, 2.45) is 0 Å². The molecule has 10 rings (SSSR count). The second-order valence-electron chi connectivity index (χ2n) is 12.5. The average molecular weight is 641 g/mol. The van der Waals surface area contributed by atoms with Crippen molar-refractivity contribution >= 4 is 63.8 Å². The van der Waals surface area contributed by atoms with Crippen LogP contribution in [0.4, 0.5) is 0 Å². The van der Waals surface area contributed by atoms with Crippen molar-refractivity contribution in [2.45, 2.75) is 0 Å². The topological polar surface area (TPSA) is 25.8 Å². The lowest BCUT2D eigenvalue weighted by atomic mass is 9.92. The zero-order valence-corrected chi connectivity index (χ0v) is 27.3. The van der Waals surface area contributed by atoms with Crippen LogP contribution in [0.3, 0.4) is 0 Å². The second kappa shape index (κ2) is 11.2. The number of hydrogen-bond acceptors (Lipinski definition) is 3. The lowest BCUT2D eigenvalue weighted by Gasteiger charge is -2.15. The first-order valence-corrected chi connectivity index (χ1v) is 17.4. The predicted octanol–water partition coefficient (Wildman–Crippen LogP) is 13.0. The Morgan fingerprint density at radius 3 is 1.82 bits per heavy atom. The highest BCUT2D eigenvalue weighted by atomic mass is 32.1. The molecule has 0 aliphatic carbocycles. The Hall–Kier alpha value is -6.16. The van der Waals surface area contributed by atoms with E-state index in [0.717, 1.165) is 44.7 Å². The average Bonchev–Trinajstić information content (AvgIpc) is 3.56. The van der Waals surface area contributed by atoms with Gasteiger partial charge in [0.1, 0.15) is 0 Å². The number of thiophene rings is 1. The van der Waals surface area contributed by atoms with Crippen molar-refractivity contribution in [2.75, 3.05) is 0 Å². The highest BCUT2D eigenvalue weighted by Crippen LogP contribution is 2.42. The summed E-state index contributed by atoms with van der Waals surface area (Å²) in [7, 11) is 0. The lowest BCUT2D eigenvalue weighted by Crippen LogP contribution is -1.98. The van der Waals surface area contributed by atoms with Crippen molar-refractivity contribution in [1.29, 1.82) is 0 Å². The zero-order valence-electron chi connectivity index (χ0n) is 26.5. The summed E-state index contributed by atoms with van der Waals surface area (Å²) in [6, 6.07) is 60.7. The summed E-state index contributed by atoms with van der Waals surface area (Å²) in [4.78, 5) is 10.6. The van der Waals surface area contributed by atoms with Crippen LogP contribution >= 0.6 is 11.3 Å². The zero-order chi connectivity index (χ0) is 32.3. The van der Waals surface area contributed by atoms with Gasteiger partial charge in [-0.1, -0.05) is 152 Å². The van der Waals surface area contributed by atoms with E-state index in [1.807, 2.05) is 17.4 Å². The van der Waals surface area contributed by atoms with Gasteiger partial charge in [0.15, 0.2) is 5.82 Å². The van der Waals surface area contributed by atoms with Crippen molar-refractivity contribution in [3.8, 4) is 45.0 Å². The minimum Gasteiger partial charge on any atom is -0.228 e. The summed E-state index contributed by atoms with van der Waals surface area (Å²) in [5, 5.41) is 9.77. The van der Waals surface area contributed by atoms with Gasteiger partial charge in [-0.3, -0.25) is 0 Å². The maximum absolute atomic E-state index is 5.35. The quantitative estimate of drug-likeness (QED) is 0.141. The molecule has 228 valence electrons. The van der Waals surface area contributed by atoms with E-state index in [-0.39, 0.29) is 0 Å². The predicted molar refractivity (Wildman–Crippen MR) is 209 cm³/mol. The van der Waals surface area contributed by atoms with Gasteiger partial charge in [0.05, 0.1) is 11.4 Å². The van der Waals surface area contributed by atoms with Crippen LogP contribution in [0.15, 0.2) is 170 Å². The third-order valence-corrected chi connectivity index (χ3v) is 10.9. The number of fused-ring (bicyclic) bond motifs is 7. The Balaban J connectivity index is 1.18. The highest BCUT2D eigenvalue weighted by Gasteiger charge is 2.18. The fourth-order valence-corrected chi connectivity index (χ4v) is 8.56. The highest BCUT2D eigenvalue weighted by molar-refractivity contribution is 7.26. The third-order valence-electron chi connectivity index (χ3n) is 9.69. The van der Waals surface area contributed by atoms with Crippen LogP contribution in [0, 0.1) is 0 Å². The normalized spacial score (nSPS) is 11.7. The molecule has 3 heteroatoms. The van der Waals surface area contributed by atoms with E-state index < -0.39 is 0 Å². The maximum atomic E-state index is 5.35. The first-order chi connectivity index (χ1) is 24.3. The van der Waals surface area contributed by atoms with Gasteiger partial charge in [-0.05, 0) is 61.6 Å². The van der Waals surface area contributed by atoms with Crippen LogP contribution < -0.4 is 0 Å². The summed E-state index contributed by atoms with van der Waals surface area (Å²) < 4.78 is 2.64. The third kappa shape index (κ3) is 4.62. The number of nitrogens with zero attached hydrogens (tertiary/aromatic N) is 2. The van der Waals surface area contributed by atoms with Crippen LogP contribution in [-0.4, -0.2) is 9.97 Å². The van der Waals surface area contributed by atoms with Crippen LogP contribution in [0.1, 0.15) is 0 Å². The number of benzene rings is 8. The molecule has 0 saturated heterocycles. The summed E-state index contributed by atoms with van der Waals surface area (Å²) in [5.74, 6) is 0.729. The van der Waals surface area contributed by atoms with Crippen LogP contribution in [0.2, 0.25) is 0 Å². The molecule has 0 amide bonds. The van der Waals surface area contributed by atoms with Gasteiger partial charge >= 0.3 is 0 Å². The molecule has 0 N–H and O–H groups in total. The maximum Gasteiger partial charge on any atom is 0.161 e. The van der Waals surface area contributed by atoms with E-state index >= 15 is 0 Å². The number of aromatic nitrogens is 2. The second-order valence-corrected chi connectivity index (χ2v) is 13.6. The van der Waals surface area contributed by atoms with E-state index in [2.05, 4.69) is 164 Å². The SMILES string of the molecule is c1ccc(-c2cc(-c3ccc(-c4cccc5c4sc4ccccc45)cc3)nc(-c3c4ccccc4cc4c3ccc3ccccc34)n2)cc1. The molecular formula is C46H28N2S. The number of rotatable bonds is 4. The van der Waals surface area contributed by atoms with Crippen LogP contribution in [0.5, 0.6) is 0 Å². The fourth-order valence-electron chi connectivity index (χ4n) is 7.32. The fraction of sp³-hybridized carbons (Fsp3) is 0. The molecule has 0 aliphatic heterocycles. The standard InChI is InChI=1S/C46H28N2S/c1-2-12-31(13-3-1)41-28-42(32-23-21-30(22-24-32)36-18-10-19-39-37-17-8-9-20-43(37)49-45(36)39)48-46(47-41)44-35-16-7-5-14-33(35)27-40-34-15-6-4-11-29(34)25-26-38(40)44/h1-28H. The molecule has 0 aliphatic rings. The van der Waals surface area contributed by atoms with E-state index in [4.69, 9.17) is 9.97 Å². The largest absolute Gasteiger partial charge is 0.228 e. The molecule has 0 atom stereocenters. The Morgan fingerprint density at radius 1 is 0.367 bits per heavy atom. The molecule has 0 unspecified atom stereocenters. The van der Waals surface area contributed by atoms with Crippen molar-refractivity contribution in [3.63, 3.8) is 0 Å². The molecular weight excluding hydrogens is 613 g/mol. The van der Waals surface area contributed by atoms with Crippen LogP contribution in [0.25, 0.3) is 97.5 Å². The van der Waals surface area contributed by atoms with Crippen molar-refractivity contribution in [3.05, 3.63) is 170 Å². The Bertz CT molecular complexity index is 2870. The van der Waals surface area contributed by atoms with Crippen molar-refractivity contribution < 1.29 is 0 Å². The first kappa shape index (κ1) is 27.9. The van der Waals surface area contributed by atoms with Gasteiger partial charge in [0, 0.05) is 36.9 Å². The molecule has 49 heavy (non-hydrogen) atoms. The Labute approximate surface area is 287 Å². The number of hydrogen-bond donors (Lipinski definition) is 0. The van der Waals surface area contributed by atoms with E-state index in [0.29, 0.717) is 0 Å². The molecule has 2 heterocycles. The first-order valence-electron chi connectivity index (χ1n) is 16.6. The lowest BCUT2D eigenvalue weighted by molar-refractivity contribution is 1.19. The summed E-state index contributed by atoms with van der Waals surface area (Å²) in [6.07, 6.45) is 0. The smallest absolute Gasteiger partial charge is 0.161 e. The Morgan fingerprint density at radius 2 is 1.00 bits per heavy atom. The van der Waals surface area contributed by atoms with E-state index in [9.17, 15) is 0 Å². The summed E-state index contributed by atoms with van der Waals surface area (Å²) in [5.41, 5.74) is 7.45. The molecule has 2 nitrogen and oxygen atoms in total.